The third-order valence-electron chi connectivity index (χ3n) is 4.70. The van der Waals surface area contributed by atoms with E-state index in [-0.39, 0.29) is 17.8 Å². The number of carbonyl (C=O) groups is 1. The van der Waals surface area contributed by atoms with Crippen LogP contribution in [0.2, 0.25) is 0 Å². The van der Waals surface area contributed by atoms with Gasteiger partial charge >= 0.3 is 0 Å². The van der Waals surface area contributed by atoms with E-state index in [4.69, 9.17) is 4.42 Å². The van der Waals surface area contributed by atoms with Crippen LogP contribution < -0.4 is 5.32 Å². The van der Waals surface area contributed by atoms with Crippen LogP contribution in [0.15, 0.2) is 76.4 Å². The lowest BCUT2D eigenvalue weighted by molar-refractivity contribution is -0.120. The molecular weight excluding hydrogens is 401 g/mol. The molecule has 2 aromatic carbocycles. The van der Waals surface area contributed by atoms with Crippen LogP contribution in [-0.4, -0.2) is 21.1 Å². The molecule has 0 saturated carbocycles. The zero-order valence-electron chi connectivity index (χ0n) is 16.5. The number of hydrogen-bond acceptors (Lipinski definition) is 5. The molecule has 2 atom stereocenters. The summed E-state index contributed by atoms with van der Waals surface area (Å²) in [5.74, 6) is 0.626. The summed E-state index contributed by atoms with van der Waals surface area (Å²) in [4.78, 5) is 22.0. The van der Waals surface area contributed by atoms with Crippen LogP contribution in [0, 0.1) is 5.82 Å². The van der Waals surface area contributed by atoms with E-state index in [1.54, 1.807) is 30.5 Å². The minimum absolute atomic E-state index is 0.126. The van der Waals surface area contributed by atoms with Gasteiger partial charge in [0, 0.05) is 5.39 Å². The van der Waals surface area contributed by atoms with Crippen molar-refractivity contribution < 1.29 is 13.6 Å². The van der Waals surface area contributed by atoms with Gasteiger partial charge in [0.2, 0.25) is 5.91 Å². The van der Waals surface area contributed by atoms with Gasteiger partial charge < -0.3 is 9.73 Å². The highest BCUT2D eigenvalue weighted by Gasteiger charge is 2.20. The summed E-state index contributed by atoms with van der Waals surface area (Å²) in [7, 11) is 0. The summed E-state index contributed by atoms with van der Waals surface area (Å²) in [6.45, 7) is 3.71. The number of halogens is 1. The van der Waals surface area contributed by atoms with Gasteiger partial charge in [0.1, 0.15) is 10.8 Å². The van der Waals surface area contributed by atoms with Crippen molar-refractivity contribution in [2.24, 2.45) is 0 Å². The average molecular weight is 421 g/mol. The number of carbonyl (C=O) groups excluding carboxylic acids is 1. The molecule has 0 saturated heterocycles. The molecule has 0 aliphatic heterocycles. The molecule has 1 N–H and O–H groups in total. The molecule has 2 aromatic heterocycles. The summed E-state index contributed by atoms with van der Waals surface area (Å²) in [5.41, 5.74) is 1.63. The van der Waals surface area contributed by atoms with Crippen LogP contribution in [0.3, 0.4) is 0 Å². The molecule has 5 nitrogen and oxygen atoms in total. The number of furan rings is 1. The predicted molar refractivity (Wildman–Crippen MR) is 116 cm³/mol. The quantitative estimate of drug-likeness (QED) is 0.334. The van der Waals surface area contributed by atoms with Crippen molar-refractivity contribution in [1.82, 2.24) is 15.3 Å². The zero-order valence-corrected chi connectivity index (χ0v) is 17.3. The Morgan fingerprint density at radius 3 is 2.53 bits per heavy atom. The van der Waals surface area contributed by atoms with E-state index in [0.717, 1.165) is 16.5 Å². The molecular formula is C23H20FN3O2S. The second-order valence-electron chi connectivity index (χ2n) is 6.89. The number of nitrogens with zero attached hydrogens (tertiary/aromatic N) is 2. The molecule has 0 fully saturated rings. The molecule has 0 aliphatic carbocycles. The van der Waals surface area contributed by atoms with Gasteiger partial charge in [-0.1, -0.05) is 42.1 Å². The fourth-order valence-corrected chi connectivity index (χ4v) is 3.99. The van der Waals surface area contributed by atoms with E-state index in [1.807, 2.05) is 38.1 Å². The summed E-state index contributed by atoms with van der Waals surface area (Å²) in [6, 6.07) is 17.2. The lowest BCUT2D eigenvalue weighted by atomic mass is 10.1. The molecule has 4 rings (SSSR count). The molecule has 2 heterocycles. The first kappa shape index (κ1) is 20.1. The van der Waals surface area contributed by atoms with Gasteiger partial charge in [-0.25, -0.2) is 14.4 Å². The highest BCUT2D eigenvalue weighted by Crippen LogP contribution is 2.31. The van der Waals surface area contributed by atoms with Gasteiger partial charge in [-0.05, 0) is 49.7 Å². The Hall–Kier alpha value is -3.19. The smallest absolute Gasteiger partial charge is 0.233 e. The van der Waals surface area contributed by atoms with Crippen LogP contribution in [0.5, 0.6) is 0 Å². The van der Waals surface area contributed by atoms with Gasteiger partial charge in [0.15, 0.2) is 11.6 Å². The van der Waals surface area contributed by atoms with Gasteiger partial charge in [-0.2, -0.15) is 0 Å². The lowest BCUT2D eigenvalue weighted by Crippen LogP contribution is -2.33. The van der Waals surface area contributed by atoms with Crippen molar-refractivity contribution in [3.63, 3.8) is 0 Å². The molecule has 0 aliphatic rings. The Bertz CT molecular complexity index is 1160. The molecule has 0 radical (unpaired) electrons. The molecule has 4 aromatic rings. The Labute approximate surface area is 177 Å². The van der Waals surface area contributed by atoms with Crippen LogP contribution in [-0.2, 0) is 4.79 Å². The Morgan fingerprint density at radius 2 is 1.80 bits per heavy atom. The number of hydrogen-bond donors (Lipinski definition) is 1. The van der Waals surface area contributed by atoms with E-state index in [0.29, 0.717) is 16.6 Å². The van der Waals surface area contributed by atoms with Gasteiger partial charge in [0.25, 0.3) is 0 Å². The van der Waals surface area contributed by atoms with E-state index >= 15 is 0 Å². The number of aromatic nitrogens is 2. The molecule has 152 valence electrons. The van der Waals surface area contributed by atoms with Crippen LogP contribution in [0.1, 0.15) is 25.5 Å². The largest absolute Gasteiger partial charge is 0.461 e. The van der Waals surface area contributed by atoms with E-state index in [2.05, 4.69) is 15.3 Å². The Balaban J connectivity index is 1.55. The first-order valence-electron chi connectivity index (χ1n) is 9.54. The third-order valence-corrected chi connectivity index (χ3v) is 5.80. The summed E-state index contributed by atoms with van der Waals surface area (Å²) in [6.07, 6.45) is 1.58. The average Bonchev–Trinajstić information content (AvgIpc) is 3.29. The third kappa shape index (κ3) is 4.36. The van der Waals surface area contributed by atoms with Gasteiger partial charge in [0.05, 0.1) is 23.1 Å². The number of rotatable bonds is 6. The monoisotopic (exact) mass is 421 g/mol. The highest BCUT2D eigenvalue weighted by atomic mass is 32.2. The second-order valence-corrected chi connectivity index (χ2v) is 8.22. The molecule has 30 heavy (non-hydrogen) atoms. The lowest BCUT2D eigenvalue weighted by Gasteiger charge is -2.18. The maximum atomic E-state index is 13.1. The molecule has 0 spiro atoms. The molecule has 0 bridgehead atoms. The van der Waals surface area contributed by atoms with Crippen molar-refractivity contribution in [1.29, 1.82) is 0 Å². The highest BCUT2D eigenvalue weighted by molar-refractivity contribution is 8.00. The topological polar surface area (TPSA) is 68.0 Å². The van der Waals surface area contributed by atoms with Gasteiger partial charge in [-0.15, -0.1) is 0 Å². The minimum Gasteiger partial charge on any atom is -0.461 e. The molecule has 2 unspecified atom stereocenters. The number of thioether (sulfide) groups is 1. The summed E-state index contributed by atoms with van der Waals surface area (Å²) < 4.78 is 18.6. The standard InChI is InChI=1S/C23H20FN3O2S/c1-14(16-9-11-17(24)12-10-16)25-22(28)15(2)30-23-18-6-3-4-7-19(18)26-21(27-23)20-8-5-13-29-20/h3-15H,1-2H3,(H,25,28). The van der Waals surface area contributed by atoms with Crippen molar-refractivity contribution >= 4 is 28.6 Å². The SMILES string of the molecule is CC(Sc1nc(-c2ccco2)nc2ccccc12)C(=O)NC(C)c1ccc(F)cc1. The van der Waals surface area contributed by atoms with Crippen molar-refractivity contribution in [2.45, 2.75) is 30.2 Å². The van der Waals surface area contributed by atoms with Crippen molar-refractivity contribution in [2.75, 3.05) is 0 Å². The Morgan fingerprint density at radius 1 is 1.03 bits per heavy atom. The number of benzene rings is 2. The first-order valence-corrected chi connectivity index (χ1v) is 10.4. The summed E-state index contributed by atoms with van der Waals surface area (Å²) >= 11 is 1.37. The molecule has 1 amide bonds. The Kier molecular flexibility index (Phi) is 5.81. The fraction of sp³-hybridized carbons (Fsp3) is 0.174. The van der Waals surface area contributed by atoms with E-state index in [9.17, 15) is 9.18 Å². The zero-order chi connectivity index (χ0) is 21.1. The van der Waals surface area contributed by atoms with Crippen molar-refractivity contribution in [3.05, 3.63) is 78.3 Å². The number of nitrogens with one attached hydrogen (secondary N) is 1. The van der Waals surface area contributed by atoms with E-state index < -0.39 is 5.25 Å². The van der Waals surface area contributed by atoms with Crippen molar-refractivity contribution in [3.8, 4) is 11.6 Å². The van der Waals surface area contributed by atoms with Crippen LogP contribution in [0.25, 0.3) is 22.5 Å². The maximum Gasteiger partial charge on any atom is 0.233 e. The van der Waals surface area contributed by atoms with Crippen LogP contribution >= 0.6 is 11.8 Å². The fourth-order valence-electron chi connectivity index (χ4n) is 3.04. The second kappa shape index (κ2) is 8.67. The van der Waals surface area contributed by atoms with Crippen LogP contribution in [0.4, 0.5) is 4.39 Å². The predicted octanol–water partition coefficient (Wildman–Crippen LogP) is 5.39. The van der Waals surface area contributed by atoms with Gasteiger partial charge in [-0.3, -0.25) is 4.79 Å². The normalized spacial score (nSPS) is 13.2. The molecule has 7 heteroatoms. The first-order chi connectivity index (χ1) is 14.5. The van der Waals surface area contributed by atoms with E-state index in [1.165, 1.54) is 23.9 Å². The number of fused-ring (bicyclic) bond motifs is 1. The number of para-hydroxylation sites is 1. The number of amides is 1. The maximum absolute atomic E-state index is 13.1. The summed E-state index contributed by atoms with van der Waals surface area (Å²) in [5, 5.41) is 4.18. The minimum atomic E-state index is -0.393.